The second kappa shape index (κ2) is 11.0. The molecule has 2 aliphatic rings. The second-order valence-electron chi connectivity index (χ2n) is 9.95. The fourth-order valence-electron chi connectivity index (χ4n) is 5.04. The maximum absolute atomic E-state index is 13.1. The van der Waals surface area contributed by atoms with Crippen molar-refractivity contribution in [3.63, 3.8) is 0 Å². The Balaban J connectivity index is 1.25. The van der Waals surface area contributed by atoms with Crippen molar-refractivity contribution in [1.29, 1.82) is 5.41 Å². The molecule has 0 saturated heterocycles. The van der Waals surface area contributed by atoms with E-state index >= 15 is 0 Å². The lowest BCUT2D eigenvalue weighted by Crippen LogP contribution is -2.38. The van der Waals surface area contributed by atoms with Crippen molar-refractivity contribution in [2.75, 3.05) is 6.61 Å². The van der Waals surface area contributed by atoms with Crippen molar-refractivity contribution in [1.82, 2.24) is 9.47 Å². The largest absolute Gasteiger partial charge is 0.492 e. The molecular formula is C33H30N4O2S. The molecule has 1 aromatic heterocycles. The molecule has 200 valence electrons. The molecule has 7 heteroatoms. The third kappa shape index (κ3) is 4.89. The first kappa shape index (κ1) is 25.9. The Morgan fingerprint density at radius 2 is 1.77 bits per heavy atom. The van der Waals surface area contributed by atoms with Gasteiger partial charge in [0, 0.05) is 28.1 Å². The lowest BCUT2D eigenvalue weighted by atomic mass is 9.99. The Kier molecular flexibility index (Phi) is 7.13. The number of fused-ring (bicyclic) bond motifs is 2. The van der Waals surface area contributed by atoms with Gasteiger partial charge in [-0.1, -0.05) is 86.3 Å². The molecule has 0 unspecified atom stereocenters. The number of benzene rings is 3. The molecule has 0 aliphatic carbocycles. The molecule has 6 rings (SSSR count). The molecular weight excluding hydrogens is 516 g/mol. The zero-order chi connectivity index (χ0) is 27.6. The minimum atomic E-state index is -0.396. The van der Waals surface area contributed by atoms with Crippen LogP contribution in [0.1, 0.15) is 42.9 Å². The smallest absolute Gasteiger partial charge is 0.283 e. The molecule has 0 radical (unpaired) electrons. The number of aliphatic imine (C=N–C) groups is 1. The standard InChI is InChI=1S/C33H30N4O2S/c1-3-22(2)23-13-15-26(16-14-23)39-18-17-36-20-25(27-11-7-8-12-29(27)36)19-28-31(34)37-30(24-9-5-4-6-10-24)21-40-33(37)35-32(28)38/h4-16,19-22,34H,3,17-18H2,1-2H3/b28-19-,34-31?/t22-/m1/s1. The maximum atomic E-state index is 13.1. The molecule has 0 fully saturated rings. The Morgan fingerprint density at radius 3 is 2.55 bits per heavy atom. The Labute approximate surface area is 238 Å². The van der Waals surface area contributed by atoms with Gasteiger partial charge in [-0.3, -0.25) is 15.1 Å². The molecule has 40 heavy (non-hydrogen) atoms. The predicted molar refractivity (Wildman–Crippen MR) is 165 cm³/mol. The van der Waals surface area contributed by atoms with E-state index in [0.29, 0.717) is 24.2 Å². The van der Waals surface area contributed by atoms with Crippen LogP contribution >= 0.6 is 11.8 Å². The Hall–Kier alpha value is -4.36. The van der Waals surface area contributed by atoms with Gasteiger partial charge in [0.25, 0.3) is 5.91 Å². The average Bonchev–Trinajstić information content (AvgIpc) is 3.57. The average molecular weight is 547 g/mol. The number of aromatic nitrogens is 1. The summed E-state index contributed by atoms with van der Waals surface area (Å²) in [5, 5.41) is 12.5. The van der Waals surface area contributed by atoms with Gasteiger partial charge >= 0.3 is 0 Å². The number of carbonyl (C=O) groups excluding carboxylic acids is 1. The molecule has 0 saturated carbocycles. The van der Waals surface area contributed by atoms with E-state index in [1.54, 1.807) is 11.0 Å². The second-order valence-corrected chi connectivity index (χ2v) is 10.8. The summed E-state index contributed by atoms with van der Waals surface area (Å²) in [6.45, 7) is 5.59. The van der Waals surface area contributed by atoms with Crippen LogP contribution in [-0.4, -0.2) is 33.0 Å². The SMILES string of the molecule is CC[C@@H](C)c1ccc(OCCn2cc(/C=C3/C(=N)N4C(c5ccccc5)=CSC4=NC3=O)c3ccccc32)cc1. The number of nitrogens with zero attached hydrogens (tertiary/aromatic N) is 3. The first-order valence-corrected chi connectivity index (χ1v) is 14.4. The topological polar surface area (TPSA) is 70.7 Å². The fraction of sp³-hybridized carbons (Fsp3) is 0.182. The molecule has 3 heterocycles. The summed E-state index contributed by atoms with van der Waals surface area (Å²) in [5.41, 5.74) is 5.34. The Bertz CT molecular complexity index is 1680. The highest BCUT2D eigenvalue weighted by Crippen LogP contribution is 2.37. The summed E-state index contributed by atoms with van der Waals surface area (Å²) in [5.74, 6) is 1.13. The normalized spacial score (nSPS) is 16.8. The van der Waals surface area contributed by atoms with Crippen LogP contribution in [-0.2, 0) is 11.3 Å². The van der Waals surface area contributed by atoms with Gasteiger partial charge in [-0.2, -0.15) is 4.99 Å². The number of carbonyl (C=O) groups is 1. The first-order chi connectivity index (χ1) is 19.5. The molecule has 6 nitrogen and oxygen atoms in total. The van der Waals surface area contributed by atoms with E-state index < -0.39 is 5.91 Å². The number of amidine groups is 2. The van der Waals surface area contributed by atoms with Crippen molar-refractivity contribution in [2.45, 2.75) is 32.7 Å². The molecule has 2 aliphatic heterocycles. The van der Waals surface area contributed by atoms with E-state index in [0.717, 1.165) is 39.9 Å². The highest BCUT2D eigenvalue weighted by molar-refractivity contribution is 8.17. The minimum absolute atomic E-state index is 0.135. The van der Waals surface area contributed by atoms with Gasteiger partial charge in [-0.15, -0.1) is 0 Å². The van der Waals surface area contributed by atoms with E-state index in [1.165, 1.54) is 17.3 Å². The van der Waals surface area contributed by atoms with Gasteiger partial charge in [0.05, 0.1) is 17.8 Å². The van der Waals surface area contributed by atoms with E-state index in [1.807, 2.05) is 72.3 Å². The van der Waals surface area contributed by atoms with Gasteiger partial charge in [0.15, 0.2) is 5.17 Å². The van der Waals surface area contributed by atoms with Crippen LogP contribution in [0.25, 0.3) is 22.7 Å². The number of hydrogen-bond donors (Lipinski definition) is 1. The number of hydrogen-bond acceptors (Lipinski definition) is 4. The van der Waals surface area contributed by atoms with Crippen molar-refractivity contribution in [3.05, 3.63) is 113 Å². The molecule has 0 bridgehead atoms. The highest BCUT2D eigenvalue weighted by atomic mass is 32.2. The van der Waals surface area contributed by atoms with Gasteiger partial charge in [0.1, 0.15) is 18.2 Å². The summed E-state index contributed by atoms with van der Waals surface area (Å²) in [6, 6.07) is 26.3. The third-order valence-electron chi connectivity index (χ3n) is 7.47. The molecule has 1 amide bonds. The summed E-state index contributed by atoms with van der Waals surface area (Å²) >= 11 is 1.37. The van der Waals surface area contributed by atoms with Gasteiger partial charge in [-0.25, -0.2) is 0 Å². The van der Waals surface area contributed by atoms with Gasteiger partial charge < -0.3 is 9.30 Å². The zero-order valence-corrected chi connectivity index (χ0v) is 23.3. The van der Waals surface area contributed by atoms with E-state index in [4.69, 9.17) is 10.1 Å². The minimum Gasteiger partial charge on any atom is -0.492 e. The number of nitrogens with one attached hydrogen (secondary N) is 1. The molecule has 0 spiro atoms. The van der Waals surface area contributed by atoms with E-state index in [9.17, 15) is 4.79 Å². The lowest BCUT2D eigenvalue weighted by Gasteiger charge is -2.26. The van der Waals surface area contributed by atoms with Gasteiger partial charge in [-0.05, 0) is 47.7 Å². The number of amides is 1. The van der Waals surface area contributed by atoms with Crippen LogP contribution < -0.4 is 4.74 Å². The van der Waals surface area contributed by atoms with E-state index in [2.05, 4.69) is 41.6 Å². The Morgan fingerprint density at radius 1 is 1.02 bits per heavy atom. The van der Waals surface area contributed by atoms with E-state index in [-0.39, 0.29) is 11.4 Å². The quantitative estimate of drug-likeness (QED) is 0.232. The maximum Gasteiger partial charge on any atom is 0.283 e. The first-order valence-electron chi connectivity index (χ1n) is 13.5. The number of para-hydroxylation sites is 1. The summed E-state index contributed by atoms with van der Waals surface area (Å²) < 4.78 is 8.21. The van der Waals surface area contributed by atoms with Crippen LogP contribution in [0.4, 0.5) is 0 Å². The van der Waals surface area contributed by atoms with Crippen LogP contribution in [0.15, 0.2) is 101 Å². The molecule has 4 aromatic rings. The molecule has 1 N–H and O–H groups in total. The highest BCUT2D eigenvalue weighted by Gasteiger charge is 2.36. The van der Waals surface area contributed by atoms with Crippen LogP contribution in [0.3, 0.4) is 0 Å². The zero-order valence-electron chi connectivity index (χ0n) is 22.5. The molecule has 3 aromatic carbocycles. The van der Waals surface area contributed by atoms with Crippen molar-refractivity contribution in [2.24, 2.45) is 4.99 Å². The third-order valence-corrected chi connectivity index (χ3v) is 8.29. The monoisotopic (exact) mass is 546 g/mol. The van der Waals surface area contributed by atoms with Crippen LogP contribution in [0.2, 0.25) is 0 Å². The summed E-state index contributed by atoms with van der Waals surface area (Å²) in [4.78, 5) is 19.1. The fourth-order valence-corrected chi connectivity index (χ4v) is 5.92. The number of rotatable bonds is 8. The van der Waals surface area contributed by atoms with Gasteiger partial charge in [0.2, 0.25) is 0 Å². The lowest BCUT2D eigenvalue weighted by molar-refractivity contribution is -0.114. The van der Waals surface area contributed by atoms with Crippen molar-refractivity contribution < 1.29 is 9.53 Å². The summed E-state index contributed by atoms with van der Waals surface area (Å²) in [6.07, 6.45) is 4.93. The van der Waals surface area contributed by atoms with Crippen molar-refractivity contribution >= 4 is 51.3 Å². The summed E-state index contributed by atoms with van der Waals surface area (Å²) in [7, 11) is 0. The van der Waals surface area contributed by atoms with Crippen molar-refractivity contribution in [3.8, 4) is 5.75 Å². The van der Waals surface area contributed by atoms with Crippen LogP contribution in [0.5, 0.6) is 5.75 Å². The van der Waals surface area contributed by atoms with Crippen LogP contribution in [0, 0.1) is 5.41 Å². The molecule has 1 atom stereocenters. The predicted octanol–water partition coefficient (Wildman–Crippen LogP) is 7.54. The number of thioether (sulfide) groups is 1. The number of ether oxygens (including phenoxy) is 1.